The zero-order chi connectivity index (χ0) is 19.4. The van der Waals surface area contributed by atoms with Crippen LogP contribution in [0.3, 0.4) is 0 Å². The van der Waals surface area contributed by atoms with Crippen LogP contribution in [0.4, 0.5) is 10.8 Å². The van der Waals surface area contributed by atoms with Crippen molar-refractivity contribution in [2.24, 2.45) is 0 Å². The molecule has 0 saturated heterocycles. The van der Waals surface area contributed by atoms with Crippen molar-refractivity contribution in [2.45, 2.75) is 11.3 Å². The minimum atomic E-state index is -0.564. The number of carbonyl (C=O) groups is 1. The number of halogens is 1. The Morgan fingerprint density at radius 1 is 1.33 bits per heavy atom. The fraction of sp³-hybridized carbons (Fsp3) is 0.111. The van der Waals surface area contributed by atoms with Crippen molar-refractivity contribution in [1.29, 1.82) is 0 Å². The summed E-state index contributed by atoms with van der Waals surface area (Å²) >= 11 is 8.72. The number of thiazole rings is 1. The van der Waals surface area contributed by atoms with Crippen molar-refractivity contribution in [2.75, 3.05) is 11.6 Å². The first-order valence-corrected chi connectivity index (χ1v) is 10.2. The van der Waals surface area contributed by atoms with Crippen LogP contribution in [0.1, 0.15) is 20.8 Å². The first-order valence-electron chi connectivity index (χ1n) is 7.79. The number of aromatic nitrogens is 1. The second-order valence-corrected chi connectivity index (χ2v) is 7.96. The number of hydrogen-bond acceptors (Lipinski definition) is 6. The highest BCUT2D eigenvalue weighted by Crippen LogP contribution is 2.27. The van der Waals surface area contributed by atoms with E-state index >= 15 is 0 Å². The molecule has 0 saturated carbocycles. The Kier molecular flexibility index (Phi) is 6.10. The summed E-state index contributed by atoms with van der Waals surface area (Å²) in [6, 6.07) is 12.0. The largest absolute Gasteiger partial charge is 0.298 e. The van der Waals surface area contributed by atoms with Crippen molar-refractivity contribution >= 4 is 51.4 Å². The van der Waals surface area contributed by atoms with Crippen molar-refractivity contribution in [3.05, 3.63) is 79.8 Å². The van der Waals surface area contributed by atoms with Gasteiger partial charge in [0.25, 0.3) is 11.6 Å². The van der Waals surface area contributed by atoms with Gasteiger partial charge in [-0.3, -0.25) is 20.2 Å². The van der Waals surface area contributed by atoms with E-state index in [2.05, 4.69) is 10.3 Å². The second-order valence-electron chi connectivity index (χ2n) is 5.53. The van der Waals surface area contributed by atoms with Crippen molar-refractivity contribution in [3.63, 3.8) is 0 Å². The Balaban J connectivity index is 1.77. The molecule has 3 rings (SSSR count). The van der Waals surface area contributed by atoms with Gasteiger partial charge in [-0.05, 0) is 36.1 Å². The van der Waals surface area contributed by atoms with Gasteiger partial charge in [0.1, 0.15) is 5.56 Å². The molecule has 27 heavy (non-hydrogen) atoms. The number of nitrogens with one attached hydrogen (secondary N) is 1. The maximum absolute atomic E-state index is 12.5. The molecule has 2 aromatic carbocycles. The normalized spacial score (nSPS) is 10.6. The van der Waals surface area contributed by atoms with Gasteiger partial charge in [0.15, 0.2) is 5.13 Å². The third kappa shape index (κ3) is 4.85. The average molecular weight is 420 g/mol. The van der Waals surface area contributed by atoms with E-state index in [1.807, 2.05) is 24.5 Å². The number of nitrogens with zero attached hydrogens (tertiary/aromatic N) is 2. The molecule has 0 aliphatic rings. The molecule has 138 valence electrons. The predicted octanol–water partition coefficient (Wildman–Crippen LogP) is 5.27. The zero-order valence-electron chi connectivity index (χ0n) is 14.1. The molecule has 1 heterocycles. The Bertz CT molecular complexity index is 1010. The molecule has 0 bridgehead atoms. The Hall–Kier alpha value is -2.42. The quantitative estimate of drug-likeness (QED) is 0.334. The summed E-state index contributed by atoms with van der Waals surface area (Å²) in [4.78, 5) is 29.1. The van der Waals surface area contributed by atoms with Gasteiger partial charge in [-0.2, -0.15) is 0 Å². The van der Waals surface area contributed by atoms with E-state index in [0.29, 0.717) is 16.6 Å². The topological polar surface area (TPSA) is 85.1 Å². The van der Waals surface area contributed by atoms with Gasteiger partial charge in [0.05, 0.1) is 4.92 Å². The minimum Gasteiger partial charge on any atom is -0.298 e. The first kappa shape index (κ1) is 19.3. The lowest BCUT2D eigenvalue weighted by molar-refractivity contribution is -0.385. The maximum Gasteiger partial charge on any atom is 0.282 e. The molecule has 1 aromatic heterocycles. The van der Waals surface area contributed by atoms with E-state index in [-0.39, 0.29) is 11.3 Å². The molecular formula is C18H14ClN3O3S2. The van der Waals surface area contributed by atoms with Crippen LogP contribution in [0.25, 0.3) is 0 Å². The van der Waals surface area contributed by atoms with Crippen LogP contribution < -0.4 is 5.32 Å². The molecule has 6 nitrogen and oxygen atoms in total. The Labute approximate surface area is 168 Å². The number of benzene rings is 2. The highest BCUT2D eigenvalue weighted by Gasteiger charge is 2.21. The average Bonchev–Trinajstić information content (AvgIpc) is 3.07. The van der Waals surface area contributed by atoms with Crippen LogP contribution in [-0.4, -0.2) is 22.1 Å². The van der Waals surface area contributed by atoms with Crippen molar-refractivity contribution in [3.8, 4) is 0 Å². The lowest BCUT2D eigenvalue weighted by atomic mass is 10.1. The minimum absolute atomic E-state index is 0.0124. The van der Waals surface area contributed by atoms with Gasteiger partial charge in [-0.15, -0.1) is 23.1 Å². The van der Waals surface area contributed by atoms with Gasteiger partial charge < -0.3 is 0 Å². The molecule has 1 amide bonds. The van der Waals surface area contributed by atoms with Gasteiger partial charge in [0.2, 0.25) is 0 Å². The molecule has 0 atom stereocenters. The van der Waals surface area contributed by atoms with E-state index in [4.69, 9.17) is 11.6 Å². The summed E-state index contributed by atoms with van der Waals surface area (Å²) in [7, 11) is 0. The summed E-state index contributed by atoms with van der Waals surface area (Å²) in [5.41, 5.74) is 0.812. The molecule has 0 radical (unpaired) electrons. The van der Waals surface area contributed by atoms with E-state index in [1.54, 1.807) is 18.3 Å². The summed E-state index contributed by atoms with van der Waals surface area (Å²) in [5, 5.41) is 14.9. The number of anilines is 1. The summed E-state index contributed by atoms with van der Waals surface area (Å²) in [6.07, 6.45) is 4.15. The van der Waals surface area contributed by atoms with Gasteiger partial charge in [-0.25, -0.2) is 4.98 Å². The fourth-order valence-corrected chi connectivity index (χ4v) is 3.94. The highest BCUT2D eigenvalue weighted by molar-refractivity contribution is 7.98. The van der Waals surface area contributed by atoms with Gasteiger partial charge >= 0.3 is 0 Å². The fourth-order valence-electron chi connectivity index (χ4n) is 2.44. The molecule has 0 aliphatic carbocycles. The molecule has 1 N–H and O–H groups in total. The third-order valence-corrected chi connectivity index (χ3v) is 5.56. The lowest BCUT2D eigenvalue weighted by Gasteiger charge is -2.05. The lowest BCUT2D eigenvalue weighted by Crippen LogP contribution is -2.13. The number of hydrogen-bond donors (Lipinski definition) is 1. The van der Waals surface area contributed by atoms with Crippen molar-refractivity contribution in [1.82, 2.24) is 4.98 Å². The number of nitro groups is 1. The standard InChI is InChI=1S/C18H14ClN3O3S2/c1-26-13-5-6-16(22(24)25)15(9-13)17(23)21-18-20-10-14(27-18)8-11-3-2-4-12(19)7-11/h2-7,9-10H,8H2,1H3,(H,20,21,23). The van der Waals surface area contributed by atoms with Crippen LogP contribution in [0, 0.1) is 10.1 Å². The summed E-state index contributed by atoms with van der Waals surface area (Å²) < 4.78 is 0. The van der Waals surface area contributed by atoms with E-state index in [0.717, 1.165) is 15.3 Å². The van der Waals surface area contributed by atoms with Gasteiger partial charge in [0, 0.05) is 33.5 Å². The van der Waals surface area contributed by atoms with E-state index in [1.165, 1.54) is 35.2 Å². The highest BCUT2D eigenvalue weighted by atomic mass is 35.5. The van der Waals surface area contributed by atoms with Crippen LogP contribution in [0.5, 0.6) is 0 Å². The maximum atomic E-state index is 12.5. The molecule has 0 aliphatic heterocycles. The first-order chi connectivity index (χ1) is 13.0. The van der Waals surface area contributed by atoms with Crippen LogP contribution >= 0.6 is 34.7 Å². The molecule has 3 aromatic rings. The number of carbonyl (C=O) groups excluding carboxylic acids is 1. The monoisotopic (exact) mass is 419 g/mol. The van der Waals surface area contributed by atoms with E-state index in [9.17, 15) is 14.9 Å². The number of amides is 1. The van der Waals surface area contributed by atoms with E-state index < -0.39 is 10.8 Å². The Morgan fingerprint density at radius 2 is 2.15 bits per heavy atom. The number of nitro benzene ring substituents is 1. The Morgan fingerprint density at radius 3 is 2.85 bits per heavy atom. The molecule has 9 heteroatoms. The third-order valence-electron chi connectivity index (χ3n) is 3.69. The van der Waals surface area contributed by atoms with Crippen LogP contribution in [0.2, 0.25) is 5.02 Å². The zero-order valence-corrected chi connectivity index (χ0v) is 16.5. The number of rotatable bonds is 6. The second kappa shape index (κ2) is 8.51. The van der Waals surface area contributed by atoms with Crippen molar-refractivity contribution < 1.29 is 9.72 Å². The molecular weight excluding hydrogens is 406 g/mol. The predicted molar refractivity (Wildman–Crippen MR) is 109 cm³/mol. The summed E-state index contributed by atoms with van der Waals surface area (Å²) in [5.74, 6) is -0.554. The SMILES string of the molecule is CSc1ccc([N+](=O)[O-])c(C(=O)Nc2ncc(Cc3cccc(Cl)c3)s2)c1. The molecule has 0 spiro atoms. The molecule has 0 unspecified atom stereocenters. The van der Waals surface area contributed by atoms with Gasteiger partial charge in [-0.1, -0.05) is 23.7 Å². The van der Waals surface area contributed by atoms with Crippen LogP contribution in [0.15, 0.2) is 53.6 Å². The smallest absolute Gasteiger partial charge is 0.282 e. The van der Waals surface area contributed by atoms with Crippen LogP contribution in [-0.2, 0) is 6.42 Å². The summed E-state index contributed by atoms with van der Waals surface area (Å²) in [6.45, 7) is 0. The number of thioether (sulfide) groups is 1. The molecule has 0 fully saturated rings.